The number of methoxy groups -OCH3 is 1. The van der Waals surface area contributed by atoms with Crippen molar-refractivity contribution in [3.05, 3.63) is 50.2 Å². The maximum atomic E-state index is 11.1. The van der Waals surface area contributed by atoms with Crippen molar-refractivity contribution < 1.29 is 9.66 Å². The summed E-state index contributed by atoms with van der Waals surface area (Å²) in [6.07, 6.45) is 0.826. The van der Waals surface area contributed by atoms with Gasteiger partial charge in [0.05, 0.1) is 12.0 Å². The van der Waals surface area contributed by atoms with Gasteiger partial charge in [0, 0.05) is 34.3 Å². The zero-order chi connectivity index (χ0) is 15.4. The van der Waals surface area contributed by atoms with Crippen LogP contribution in [0.3, 0.4) is 0 Å². The molecule has 2 aromatic rings. The van der Waals surface area contributed by atoms with Gasteiger partial charge in [-0.1, -0.05) is 0 Å². The summed E-state index contributed by atoms with van der Waals surface area (Å²) in [5.74, 6) is 0.599. The van der Waals surface area contributed by atoms with E-state index >= 15 is 0 Å². The first-order valence-corrected chi connectivity index (χ1v) is 7.45. The molecule has 0 spiro atoms. The van der Waals surface area contributed by atoms with E-state index in [2.05, 4.69) is 24.4 Å². The Morgan fingerprint density at radius 1 is 1.38 bits per heavy atom. The summed E-state index contributed by atoms with van der Waals surface area (Å²) in [6.45, 7) is 4.08. The van der Waals surface area contributed by atoms with Crippen LogP contribution in [0.15, 0.2) is 30.3 Å². The number of thiophene rings is 1. The third-order valence-electron chi connectivity index (χ3n) is 3.11. The summed E-state index contributed by atoms with van der Waals surface area (Å²) in [5, 5.41) is 14.3. The van der Waals surface area contributed by atoms with Crippen molar-refractivity contribution in [3.8, 4) is 5.75 Å². The predicted octanol–water partition coefficient (Wildman–Crippen LogP) is 4.02. The van der Waals surface area contributed by atoms with Crippen LogP contribution >= 0.6 is 11.3 Å². The number of hydrogen-bond donors (Lipinski definition) is 1. The molecule has 5 nitrogen and oxygen atoms in total. The van der Waals surface area contributed by atoms with E-state index in [0.29, 0.717) is 11.4 Å². The number of nitro benzene ring substituents is 1. The highest BCUT2D eigenvalue weighted by Crippen LogP contribution is 2.30. The number of benzene rings is 1. The van der Waals surface area contributed by atoms with E-state index in [-0.39, 0.29) is 16.7 Å². The van der Waals surface area contributed by atoms with E-state index < -0.39 is 0 Å². The Kier molecular flexibility index (Phi) is 4.80. The summed E-state index contributed by atoms with van der Waals surface area (Å²) < 4.78 is 5.13. The smallest absolute Gasteiger partial charge is 0.292 e. The molecule has 0 fully saturated rings. The Labute approximate surface area is 127 Å². The molecule has 0 saturated carbocycles. The van der Waals surface area contributed by atoms with Crippen LogP contribution in [0, 0.1) is 17.0 Å². The van der Waals surface area contributed by atoms with Crippen LogP contribution in [-0.2, 0) is 6.42 Å². The molecular formula is C15H18N2O3S. The first-order valence-electron chi connectivity index (χ1n) is 6.64. The molecule has 0 aliphatic carbocycles. The van der Waals surface area contributed by atoms with Crippen molar-refractivity contribution in [2.75, 3.05) is 12.4 Å². The lowest BCUT2D eigenvalue weighted by Crippen LogP contribution is -2.18. The normalized spacial score (nSPS) is 12.0. The molecule has 0 saturated heterocycles. The summed E-state index contributed by atoms with van der Waals surface area (Å²) >= 11 is 1.75. The number of anilines is 1. The molecule has 0 radical (unpaired) electrons. The van der Waals surface area contributed by atoms with Gasteiger partial charge in [-0.2, -0.15) is 0 Å². The van der Waals surface area contributed by atoms with E-state index in [1.165, 1.54) is 15.8 Å². The third-order valence-corrected chi connectivity index (χ3v) is 4.13. The zero-order valence-corrected chi connectivity index (χ0v) is 13.1. The monoisotopic (exact) mass is 306 g/mol. The Morgan fingerprint density at radius 3 is 2.71 bits per heavy atom. The zero-order valence-electron chi connectivity index (χ0n) is 12.3. The number of nitrogens with zero attached hydrogens (tertiary/aromatic N) is 1. The third kappa shape index (κ3) is 3.95. The summed E-state index contributed by atoms with van der Waals surface area (Å²) in [5.41, 5.74) is 0.546. The van der Waals surface area contributed by atoms with Crippen LogP contribution < -0.4 is 10.1 Å². The van der Waals surface area contributed by atoms with E-state index in [4.69, 9.17) is 4.74 Å². The van der Waals surface area contributed by atoms with E-state index in [1.807, 2.05) is 6.92 Å². The molecule has 112 valence electrons. The average Bonchev–Trinajstić information content (AvgIpc) is 2.83. The molecule has 1 unspecified atom stereocenters. The number of ether oxygens (including phenoxy) is 1. The van der Waals surface area contributed by atoms with Crippen molar-refractivity contribution in [1.29, 1.82) is 0 Å². The topological polar surface area (TPSA) is 64.4 Å². The molecule has 1 aromatic heterocycles. The summed E-state index contributed by atoms with van der Waals surface area (Å²) in [7, 11) is 1.54. The number of nitro groups is 1. The van der Waals surface area contributed by atoms with Crippen LogP contribution in [-0.4, -0.2) is 18.1 Å². The quantitative estimate of drug-likeness (QED) is 0.647. The molecular weight excluding hydrogens is 288 g/mol. The van der Waals surface area contributed by atoms with E-state index in [9.17, 15) is 10.1 Å². The Bertz CT molecular complexity index is 640. The molecule has 0 aliphatic heterocycles. The summed E-state index contributed by atoms with van der Waals surface area (Å²) in [6, 6.07) is 8.99. The molecule has 1 N–H and O–H groups in total. The van der Waals surface area contributed by atoms with Crippen LogP contribution in [0.2, 0.25) is 0 Å². The van der Waals surface area contributed by atoms with E-state index in [0.717, 1.165) is 6.42 Å². The molecule has 0 bridgehead atoms. The van der Waals surface area contributed by atoms with Gasteiger partial charge >= 0.3 is 0 Å². The number of rotatable bonds is 6. The van der Waals surface area contributed by atoms with Crippen molar-refractivity contribution in [2.45, 2.75) is 26.3 Å². The van der Waals surface area contributed by atoms with Crippen molar-refractivity contribution in [2.24, 2.45) is 0 Å². The van der Waals surface area contributed by atoms with Crippen molar-refractivity contribution >= 4 is 22.7 Å². The fraction of sp³-hybridized carbons (Fsp3) is 0.333. The lowest BCUT2D eigenvalue weighted by molar-refractivity contribution is -0.384. The largest absolute Gasteiger partial charge is 0.497 e. The van der Waals surface area contributed by atoms with E-state index in [1.54, 1.807) is 30.6 Å². The minimum atomic E-state index is -0.385. The maximum absolute atomic E-state index is 11.1. The van der Waals surface area contributed by atoms with Crippen LogP contribution in [0.5, 0.6) is 5.75 Å². The van der Waals surface area contributed by atoms with Crippen LogP contribution in [0.1, 0.15) is 16.7 Å². The molecule has 1 heterocycles. The van der Waals surface area contributed by atoms with Gasteiger partial charge in [0.1, 0.15) is 11.4 Å². The van der Waals surface area contributed by atoms with Crippen LogP contribution in [0.4, 0.5) is 11.4 Å². The molecule has 6 heteroatoms. The lowest BCUT2D eigenvalue weighted by Gasteiger charge is -2.15. The highest BCUT2D eigenvalue weighted by Gasteiger charge is 2.16. The molecule has 1 atom stereocenters. The average molecular weight is 306 g/mol. The van der Waals surface area contributed by atoms with Gasteiger partial charge in [-0.3, -0.25) is 10.1 Å². The Balaban J connectivity index is 2.15. The number of aryl methyl sites for hydroxylation is 1. The first kappa shape index (κ1) is 15.3. The predicted molar refractivity (Wildman–Crippen MR) is 85.5 cm³/mol. The molecule has 0 aliphatic rings. The van der Waals surface area contributed by atoms with Gasteiger partial charge in [0.2, 0.25) is 0 Å². The van der Waals surface area contributed by atoms with Crippen molar-refractivity contribution in [1.82, 2.24) is 0 Å². The highest BCUT2D eigenvalue weighted by molar-refractivity contribution is 7.11. The second-order valence-electron chi connectivity index (χ2n) is 4.90. The SMILES string of the molecule is COc1ccc([N+](=O)[O-])c(NC(C)Cc2ccc(C)s2)c1. The van der Waals surface area contributed by atoms with Crippen LogP contribution in [0.25, 0.3) is 0 Å². The minimum Gasteiger partial charge on any atom is -0.497 e. The fourth-order valence-corrected chi connectivity index (χ4v) is 3.15. The fourth-order valence-electron chi connectivity index (χ4n) is 2.13. The Morgan fingerprint density at radius 2 is 2.14 bits per heavy atom. The van der Waals surface area contributed by atoms with Gasteiger partial charge in [0.25, 0.3) is 5.69 Å². The minimum absolute atomic E-state index is 0.0602. The molecule has 1 aromatic carbocycles. The Hall–Kier alpha value is -2.08. The molecule has 21 heavy (non-hydrogen) atoms. The van der Waals surface area contributed by atoms with Gasteiger partial charge in [-0.25, -0.2) is 0 Å². The standard InChI is InChI=1S/C15H18N2O3S/c1-10(8-13-6-4-11(2)21-13)16-14-9-12(20-3)5-7-15(14)17(18)19/h4-7,9-10,16H,8H2,1-3H3. The van der Waals surface area contributed by atoms with Gasteiger partial charge in [0.15, 0.2) is 0 Å². The number of nitrogens with one attached hydrogen (secondary N) is 1. The second kappa shape index (κ2) is 6.58. The molecule has 2 rings (SSSR count). The summed E-state index contributed by atoms with van der Waals surface area (Å²) in [4.78, 5) is 13.2. The van der Waals surface area contributed by atoms with Gasteiger partial charge in [-0.05, 0) is 32.0 Å². The highest BCUT2D eigenvalue weighted by atomic mass is 32.1. The van der Waals surface area contributed by atoms with Gasteiger partial charge < -0.3 is 10.1 Å². The number of hydrogen-bond acceptors (Lipinski definition) is 5. The lowest BCUT2D eigenvalue weighted by atomic mass is 10.1. The molecule has 0 amide bonds. The van der Waals surface area contributed by atoms with Crippen molar-refractivity contribution in [3.63, 3.8) is 0 Å². The second-order valence-corrected chi connectivity index (χ2v) is 6.27. The van der Waals surface area contributed by atoms with Gasteiger partial charge in [-0.15, -0.1) is 11.3 Å². The maximum Gasteiger partial charge on any atom is 0.292 e. The first-order chi connectivity index (χ1) is 9.99.